The van der Waals surface area contributed by atoms with E-state index in [1.165, 1.54) is 5.56 Å². The van der Waals surface area contributed by atoms with Crippen LogP contribution in [0.5, 0.6) is 5.75 Å². The number of benzene rings is 2. The number of carbonyl (C=O) groups excluding carboxylic acids is 1. The zero-order valence-corrected chi connectivity index (χ0v) is 24.6. The van der Waals surface area contributed by atoms with Crippen molar-refractivity contribution in [2.24, 2.45) is 5.92 Å². The topological polar surface area (TPSA) is 104 Å². The average molecular weight is 578 g/mol. The Balaban J connectivity index is 1.22. The molecule has 0 radical (unpaired) electrons. The molecule has 10 heteroatoms. The van der Waals surface area contributed by atoms with Gasteiger partial charge in [0.1, 0.15) is 5.75 Å². The maximum Gasteiger partial charge on any atom is 0.319 e. The Morgan fingerprint density at radius 3 is 2.41 bits per heavy atom. The fourth-order valence-corrected chi connectivity index (χ4v) is 7.44. The lowest BCUT2D eigenvalue weighted by Gasteiger charge is -2.51. The number of sulfonamides is 1. The van der Waals surface area contributed by atoms with E-state index in [2.05, 4.69) is 45.6 Å². The first-order chi connectivity index (χ1) is 19.8. The third-order valence-corrected chi connectivity index (χ3v) is 10.4. The highest BCUT2D eigenvalue weighted by Gasteiger charge is 2.43. The van der Waals surface area contributed by atoms with Gasteiger partial charge >= 0.3 is 6.03 Å². The predicted octanol–water partition coefficient (Wildman–Crippen LogP) is 4.82. The zero-order valence-electron chi connectivity index (χ0n) is 23.8. The number of aromatic nitrogens is 1. The van der Waals surface area contributed by atoms with Crippen LogP contribution < -0.4 is 15.4 Å². The minimum Gasteiger partial charge on any atom is -0.497 e. The van der Waals surface area contributed by atoms with Crippen LogP contribution >= 0.6 is 0 Å². The summed E-state index contributed by atoms with van der Waals surface area (Å²) in [6.07, 6.45) is 7.77. The second kappa shape index (κ2) is 12.6. The van der Waals surface area contributed by atoms with Crippen molar-refractivity contribution in [3.05, 3.63) is 84.2 Å². The third-order valence-electron chi connectivity index (χ3n) is 8.48. The number of nitrogens with one attached hydrogen (secondary N) is 2. The number of pyridine rings is 1. The van der Waals surface area contributed by atoms with Crippen LogP contribution in [0.1, 0.15) is 43.7 Å². The van der Waals surface area contributed by atoms with E-state index in [-0.39, 0.29) is 16.5 Å². The fraction of sp³-hybridized carbons (Fsp3) is 0.419. The Morgan fingerprint density at radius 2 is 1.76 bits per heavy atom. The second-order valence-corrected chi connectivity index (χ2v) is 13.0. The summed E-state index contributed by atoms with van der Waals surface area (Å²) in [4.78, 5) is 19.0. The van der Waals surface area contributed by atoms with E-state index >= 15 is 0 Å². The molecule has 41 heavy (non-hydrogen) atoms. The highest BCUT2D eigenvalue weighted by molar-refractivity contribution is 7.89. The maximum atomic E-state index is 13.5. The molecule has 2 aliphatic rings. The summed E-state index contributed by atoms with van der Waals surface area (Å²) in [6, 6.07) is 18.0. The monoisotopic (exact) mass is 577 g/mol. The molecule has 1 aliphatic carbocycles. The van der Waals surface area contributed by atoms with Crippen molar-refractivity contribution < 1.29 is 17.9 Å². The van der Waals surface area contributed by atoms with Gasteiger partial charge < -0.3 is 15.4 Å². The molecule has 0 spiro atoms. The molecule has 0 atom stereocenters. The minimum absolute atomic E-state index is 0.109. The van der Waals surface area contributed by atoms with E-state index in [9.17, 15) is 13.2 Å². The molecule has 2 amide bonds. The average Bonchev–Trinajstić information content (AvgIpc) is 3.01. The van der Waals surface area contributed by atoms with Crippen LogP contribution in [0, 0.1) is 5.92 Å². The summed E-state index contributed by atoms with van der Waals surface area (Å²) >= 11 is 0. The molecule has 3 aromatic rings. The first-order valence-corrected chi connectivity index (χ1v) is 15.7. The van der Waals surface area contributed by atoms with Gasteiger partial charge in [-0.2, -0.15) is 4.31 Å². The van der Waals surface area contributed by atoms with Crippen LogP contribution in [0.25, 0.3) is 0 Å². The standard InChI is InChI=1S/C31H39N5O4S/c1-24-12-14-31(15-13-24,26-6-3-7-28(21-26)40-2)35-17-19-36(20-18-35)41(38,39)29-10-8-27(9-11-29)34-30(37)33-23-25-5-4-16-32-22-25/h3-11,16,21-22,24H,12-15,17-20,23H2,1-2H3,(H2,33,34,37). The van der Waals surface area contributed by atoms with Crippen LogP contribution in [-0.4, -0.2) is 61.9 Å². The van der Waals surface area contributed by atoms with E-state index in [1.54, 1.807) is 48.1 Å². The van der Waals surface area contributed by atoms with Crippen LogP contribution in [0.15, 0.2) is 78.0 Å². The number of rotatable bonds is 8. The van der Waals surface area contributed by atoms with Gasteiger partial charge in [0.2, 0.25) is 10.0 Å². The first kappa shape index (κ1) is 29.0. The minimum atomic E-state index is -3.66. The molecule has 2 heterocycles. The number of hydrogen-bond donors (Lipinski definition) is 2. The van der Waals surface area contributed by atoms with Crippen molar-refractivity contribution in [1.82, 2.24) is 19.5 Å². The molecular formula is C31H39N5O4S. The lowest BCUT2D eigenvalue weighted by Crippen LogP contribution is -2.57. The zero-order chi connectivity index (χ0) is 28.9. The molecule has 218 valence electrons. The molecule has 1 aromatic heterocycles. The fourth-order valence-electron chi connectivity index (χ4n) is 6.02. The van der Waals surface area contributed by atoms with Crippen molar-refractivity contribution in [1.29, 1.82) is 0 Å². The molecule has 1 saturated heterocycles. The SMILES string of the molecule is COc1cccc(C2(N3CCN(S(=O)(=O)c4ccc(NC(=O)NCc5cccnc5)cc4)CC3)CCC(C)CC2)c1. The number of anilines is 1. The highest BCUT2D eigenvalue weighted by Crippen LogP contribution is 2.45. The van der Waals surface area contributed by atoms with Gasteiger partial charge in [-0.15, -0.1) is 0 Å². The van der Waals surface area contributed by atoms with Crippen molar-refractivity contribution in [2.45, 2.75) is 49.6 Å². The molecule has 9 nitrogen and oxygen atoms in total. The molecular weight excluding hydrogens is 538 g/mol. The largest absolute Gasteiger partial charge is 0.497 e. The number of urea groups is 1. The Hall–Kier alpha value is -3.47. The maximum absolute atomic E-state index is 13.5. The van der Waals surface area contributed by atoms with Crippen LogP contribution in [0.3, 0.4) is 0 Å². The van der Waals surface area contributed by atoms with Crippen LogP contribution in [-0.2, 0) is 22.1 Å². The Kier molecular flexibility index (Phi) is 8.91. The molecule has 1 saturated carbocycles. The van der Waals surface area contributed by atoms with Crippen molar-refractivity contribution in [3.63, 3.8) is 0 Å². The predicted molar refractivity (Wildman–Crippen MR) is 159 cm³/mol. The van der Waals surface area contributed by atoms with Gasteiger partial charge in [0, 0.05) is 56.3 Å². The Labute approximate surface area is 243 Å². The third kappa shape index (κ3) is 6.55. The summed E-state index contributed by atoms with van der Waals surface area (Å²) in [7, 11) is -1.97. The lowest BCUT2D eigenvalue weighted by molar-refractivity contribution is 0.0111. The van der Waals surface area contributed by atoms with Gasteiger partial charge in [0.25, 0.3) is 0 Å². The van der Waals surface area contributed by atoms with E-state index in [1.807, 2.05) is 18.2 Å². The molecule has 2 aromatic carbocycles. The highest BCUT2D eigenvalue weighted by atomic mass is 32.2. The normalized spacial score (nSPS) is 22.1. The number of methoxy groups -OCH3 is 1. The van der Waals surface area contributed by atoms with Crippen molar-refractivity contribution >= 4 is 21.7 Å². The Morgan fingerprint density at radius 1 is 1.02 bits per heavy atom. The van der Waals surface area contributed by atoms with E-state index in [4.69, 9.17) is 4.74 Å². The number of piperazine rings is 1. The molecule has 5 rings (SSSR count). The Bertz CT molecular complexity index is 1420. The van der Waals surface area contributed by atoms with Crippen LogP contribution in [0.2, 0.25) is 0 Å². The smallest absolute Gasteiger partial charge is 0.319 e. The molecule has 2 N–H and O–H groups in total. The summed E-state index contributed by atoms with van der Waals surface area (Å²) in [5.74, 6) is 1.55. The van der Waals surface area contributed by atoms with Crippen molar-refractivity contribution in [2.75, 3.05) is 38.6 Å². The number of carbonyl (C=O) groups is 1. The number of nitrogens with zero attached hydrogens (tertiary/aromatic N) is 3. The number of ether oxygens (including phenoxy) is 1. The van der Waals surface area contributed by atoms with Gasteiger partial charge in [-0.3, -0.25) is 9.88 Å². The molecule has 2 fully saturated rings. The molecule has 1 aliphatic heterocycles. The van der Waals surface area contributed by atoms with Gasteiger partial charge in [0.15, 0.2) is 0 Å². The van der Waals surface area contributed by atoms with Gasteiger partial charge in [-0.05, 0) is 85.2 Å². The second-order valence-electron chi connectivity index (χ2n) is 11.0. The summed E-state index contributed by atoms with van der Waals surface area (Å²) in [5.41, 5.74) is 2.55. The van der Waals surface area contributed by atoms with E-state index < -0.39 is 10.0 Å². The number of amides is 2. The molecule has 0 unspecified atom stereocenters. The van der Waals surface area contributed by atoms with Gasteiger partial charge in [-0.25, -0.2) is 13.2 Å². The van der Waals surface area contributed by atoms with E-state index in [0.717, 1.165) is 37.0 Å². The van der Waals surface area contributed by atoms with Crippen LogP contribution in [0.4, 0.5) is 10.5 Å². The van der Waals surface area contributed by atoms with Gasteiger partial charge in [0.05, 0.1) is 12.0 Å². The van der Waals surface area contributed by atoms with E-state index in [0.29, 0.717) is 44.3 Å². The van der Waals surface area contributed by atoms with Gasteiger partial charge in [-0.1, -0.05) is 25.1 Å². The summed E-state index contributed by atoms with van der Waals surface area (Å²) in [6.45, 7) is 4.86. The first-order valence-electron chi connectivity index (χ1n) is 14.2. The quantitative estimate of drug-likeness (QED) is 0.398. The summed E-state index contributed by atoms with van der Waals surface area (Å²) < 4.78 is 34.2. The number of hydrogen-bond acceptors (Lipinski definition) is 6. The summed E-state index contributed by atoms with van der Waals surface area (Å²) in [5, 5.41) is 5.52. The lowest BCUT2D eigenvalue weighted by atomic mass is 9.72. The van der Waals surface area contributed by atoms with Crippen molar-refractivity contribution in [3.8, 4) is 5.75 Å². The molecule has 0 bridgehead atoms.